The Morgan fingerprint density at radius 3 is 2.74 bits per heavy atom. The Kier molecular flexibility index (Phi) is 3.29. The molecule has 0 spiro atoms. The minimum atomic E-state index is -0.606. The first kappa shape index (κ1) is 12.6. The minimum absolute atomic E-state index is 0.0502. The third-order valence-electron chi connectivity index (χ3n) is 4.03. The Balaban J connectivity index is 1.63. The van der Waals surface area contributed by atoms with Crippen molar-refractivity contribution in [2.75, 3.05) is 18.4 Å². The van der Waals surface area contributed by atoms with E-state index in [0.717, 1.165) is 25.1 Å². The number of nitrogens with two attached hydrogens (primary N) is 1. The quantitative estimate of drug-likeness (QED) is 0.865. The van der Waals surface area contributed by atoms with E-state index >= 15 is 0 Å². The van der Waals surface area contributed by atoms with Crippen LogP contribution in [0.5, 0.6) is 0 Å². The predicted octanol–water partition coefficient (Wildman–Crippen LogP) is 1.71. The molecular formula is C15H21N3O. The second-order valence-electron chi connectivity index (χ2n) is 5.79. The summed E-state index contributed by atoms with van der Waals surface area (Å²) in [5.41, 5.74) is 7.39. The summed E-state index contributed by atoms with van der Waals surface area (Å²) in [5, 5.41) is 2.93. The fourth-order valence-electron chi connectivity index (χ4n) is 2.56. The van der Waals surface area contributed by atoms with Crippen molar-refractivity contribution in [1.29, 1.82) is 0 Å². The molecule has 0 aromatic heterocycles. The van der Waals surface area contributed by atoms with E-state index in [2.05, 4.69) is 22.3 Å². The fourth-order valence-corrected chi connectivity index (χ4v) is 2.56. The van der Waals surface area contributed by atoms with Gasteiger partial charge in [0, 0.05) is 12.2 Å². The van der Waals surface area contributed by atoms with Gasteiger partial charge in [0.2, 0.25) is 5.91 Å². The van der Waals surface area contributed by atoms with Gasteiger partial charge in [0.1, 0.15) is 0 Å². The van der Waals surface area contributed by atoms with Gasteiger partial charge in [0.15, 0.2) is 0 Å². The molecule has 0 atom stereocenters. The lowest BCUT2D eigenvalue weighted by molar-refractivity contribution is -0.118. The van der Waals surface area contributed by atoms with Crippen LogP contribution in [0.1, 0.15) is 31.2 Å². The molecule has 0 unspecified atom stereocenters. The first-order chi connectivity index (χ1) is 9.16. The van der Waals surface area contributed by atoms with Crippen molar-refractivity contribution in [2.24, 2.45) is 5.73 Å². The van der Waals surface area contributed by atoms with Crippen molar-refractivity contribution in [3.63, 3.8) is 0 Å². The Hall–Kier alpha value is -1.39. The maximum Gasteiger partial charge on any atom is 0.244 e. The number of hydrogen-bond donors (Lipinski definition) is 2. The van der Waals surface area contributed by atoms with Crippen molar-refractivity contribution in [1.82, 2.24) is 4.90 Å². The lowest BCUT2D eigenvalue weighted by Crippen LogP contribution is -2.37. The average molecular weight is 259 g/mol. The number of amides is 1. The summed E-state index contributed by atoms with van der Waals surface area (Å²) in [6, 6.07) is 8.10. The van der Waals surface area contributed by atoms with Crippen molar-refractivity contribution in [3.05, 3.63) is 29.8 Å². The van der Waals surface area contributed by atoms with Gasteiger partial charge >= 0.3 is 0 Å². The topological polar surface area (TPSA) is 58.4 Å². The smallest absolute Gasteiger partial charge is 0.244 e. The van der Waals surface area contributed by atoms with E-state index in [1.54, 1.807) is 0 Å². The Bertz CT molecular complexity index is 476. The van der Waals surface area contributed by atoms with Gasteiger partial charge < -0.3 is 11.1 Å². The lowest BCUT2D eigenvalue weighted by atomic mass is 10.1. The van der Waals surface area contributed by atoms with Crippen molar-refractivity contribution in [3.8, 4) is 0 Å². The number of benzene rings is 1. The summed E-state index contributed by atoms with van der Waals surface area (Å²) in [4.78, 5) is 14.4. The number of anilines is 1. The van der Waals surface area contributed by atoms with Gasteiger partial charge in [0.05, 0.1) is 5.54 Å². The van der Waals surface area contributed by atoms with Gasteiger partial charge in [0.25, 0.3) is 0 Å². The molecule has 1 heterocycles. The van der Waals surface area contributed by atoms with Gasteiger partial charge in [-0.3, -0.25) is 9.69 Å². The van der Waals surface area contributed by atoms with Crippen molar-refractivity contribution in [2.45, 2.75) is 37.8 Å². The van der Waals surface area contributed by atoms with E-state index in [1.165, 1.54) is 31.5 Å². The van der Waals surface area contributed by atoms with Crippen molar-refractivity contribution < 1.29 is 4.79 Å². The van der Waals surface area contributed by atoms with Gasteiger partial charge in [-0.1, -0.05) is 12.1 Å². The number of nitrogens with one attached hydrogen (secondary N) is 1. The van der Waals surface area contributed by atoms with E-state index in [0.29, 0.717) is 0 Å². The van der Waals surface area contributed by atoms with E-state index in [-0.39, 0.29) is 5.91 Å². The maximum absolute atomic E-state index is 11.9. The van der Waals surface area contributed by atoms with Gasteiger partial charge in [-0.2, -0.15) is 0 Å². The molecule has 0 radical (unpaired) electrons. The largest absolute Gasteiger partial charge is 0.324 e. The monoisotopic (exact) mass is 259 g/mol. The second-order valence-corrected chi connectivity index (χ2v) is 5.79. The van der Waals surface area contributed by atoms with Gasteiger partial charge in [-0.15, -0.1) is 0 Å². The first-order valence-electron chi connectivity index (χ1n) is 7.07. The van der Waals surface area contributed by atoms with Crippen LogP contribution in [0.2, 0.25) is 0 Å². The molecule has 102 valence electrons. The molecule has 1 aliphatic carbocycles. The van der Waals surface area contributed by atoms with Gasteiger partial charge in [-0.05, 0) is 56.5 Å². The van der Waals surface area contributed by atoms with E-state index in [9.17, 15) is 4.79 Å². The van der Waals surface area contributed by atoms with Crippen LogP contribution in [-0.2, 0) is 11.3 Å². The zero-order chi connectivity index (χ0) is 13.3. The zero-order valence-corrected chi connectivity index (χ0v) is 11.2. The highest BCUT2D eigenvalue weighted by atomic mass is 16.2. The molecular weight excluding hydrogens is 238 g/mol. The molecule has 3 rings (SSSR count). The van der Waals surface area contributed by atoms with Gasteiger partial charge in [-0.25, -0.2) is 0 Å². The predicted molar refractivity (Wildman–Crippen MR) is 75.7 cm³/mol. The third-order valence-corrected chi connectivity index (χ3v) is 4.03. The number of likely N-dealkylation sites (tertiary alicyclic amines) is 1. The summed E-state index contributed by atoms with van der Waals surface area (Å²) in [6.45, 7) is 3.34. The molecule has 1 amide bonds. The van der Waals surface area contributed by atoms with Crippen LogP contribution in [0.25, 0.3) is 0 Å². The zero-order valence-electron chi connectivity index (χ0n) is 11.2. The molecule has 1 saturated carbocycles. The number of nitrogens with zero attached hydrogens (tertiary/aromatic N) is 1. The normalized spacial score (nSPS) is 21.3. The summed E-state index contributed by atoms with van der Waals surface area (Å²) in [6.07, 6.45) is 4.19. The van der Waals surface area contributed by atoms with Crippen molar-refractivity contribution >= 4 is 11.6 Å². The van der Waals surface area contributed by atoms with Crippen LogP contribution in [0.4, 0.5) is 5.69 Å². The number of carbonyl (C=O) groups excluding carboxylic acids is 1. The summed E-state index contributed by atoms with van der Waals surface area (Å²) >= 11 is 0. The molecule has 1 aromatic carbocycles. The highest BCUT2D eigenvalue weighted by Gasteiger charge is 2.45. The molecule has 1 saturated heterocycles. The fraction of sp³-hybridized carbons (Fsp3) is 0.533. The number of hydrogen-bond acceptors (Lipinski definition) is 3. The van der Waals surface area contributed by atoms with E-state index in [4.69, 9.17) is 5.73 Å². The van der Waals surface area contributed by atoms with E-state index in [1.807, 2.05) is 12.1 Å². The van der Waals surface area contributed by atoms with Crippen LogP contribution in [0.15, 0.2) is 24.3 Å². The Morgan fingerprint density at radius 1 is 1.32 bits per heavy atom. The first-order valence-corrected chi connectivity index (χ1v) is 7.07. The highest BCUT2D eigenvalue weighted by Crippen LogP contribution is 2.33. The summed E-state index contributed by atoms with van der Waals surface area (Å²) < 4.78 is 0. The SMILES string of the molecule is NC1(C(=O)Nc2cccc(CN3CCCC3)c2)CC1. The van der Waals surface area contributed by atoms with Crippen LogP contribution in [0.3, 0.4) is 0 Å². The second kappa shape index (κ2) is 4.94. The molecule has 4 heteroatoms. The summed E-state index contributed by atoms with van der Waals surface area (Å²) in [5.74, 6) is -0.0502. The number of carbonyl (C=O) groups is 1. The van der Waals surface area contributed by atoms with Crippen LogP contribution in [-0.4, -0.2) is 29.4 Å². The van der Waals surface area contributed by atoms with E-state index < -0.39 is 5.54 Å². The molecule has 4 nitrogen and oxygen atoms in total. The third kappa shape index (κ3) is 2.96. The van der Waals surface area contributed by atoms with Crippen LogP contribution >= 0.6 is 0 Å². The highest BCUT2D eigenvalue weighted by molar-refractivity contribution is 6.00. The summed E-state index contributed by atoms with van der Waals surface area (Å²) in [7, 11) is 0. The van der Waals surface area contributed by atoms with Crippen LogP contribution in [0, 0.1) is 0 Å². The average Bonchev–Trinajstić information content (AvgIpc) is 2.95. The molecule has 2 aliphatic rings. The van der Waals surface area contributed by atoms with Crippen LogP contribution < -0.4 is 11.1 Å². The molecule has 1 aromatic rings. The molecule has 2 fully saturated rings. The number of rotatable bonds is 4. The molecule has 19 heavy (non-hydrogen) atoms. The Labute approximate surface area is 114 Å². The lowest BCUT2D eigenvalue weighted by Gasteiger charge is -2.16. The molecule has 0 bridgehead atoms. The molecule has 1 aliphatic heterocycles. The maximum atomic E-state index is 11.9. The standard InChI is InChI=1S/C15H21N3O/c16-15(6-7-15)14(19)17-13-5-3-4-12(10-13)11-18-8-1-2-9-18/h3-5,10H,1-2,6-9,11,16H2,(H,17,19). The Morgan fingerprint density at radius 2 is 2.05 bits per heavy atom. The minimum Gasteiger partial charge on any atom is -0.324 e. The molecule has 3 N–H and O–H groups in total.